The molecule has 0 aliphatic carbocycles. The number of benzene rings is 1. The number of piperazine rings is 1. The van der Waals surface area contributed by atoms with E-state index in [-0.39, 0.29) is 5.91 Å². The molecule has 1 amide bonds. The summed E-state index contributed by atoms with van der Waals surface area (Å²) in [6, 6.07) is 12.7. The van der Waals surface area contributed by atoms with Crippen LogP contribution in [0.15, 0.2) is 36.4 Å². The van der Waals surface area contributed by atoms with Crippen molar-refractivity contribution in [2.75, 3.05) is 42.5 Å². The summed E-state index contributed by atoms with van der Waals surface area (Å²) in [6.07, 6.45) is 4.69. The fraction of sp³-hybridized carbons (Fsp3) is 0.522. The second-order valence-corrected chi connectivity index (χ2v) is 8.06. The Balaban J connectivity index is 1.47. The lowest BCUT2D eigenvalue weighted by atomic mass is 10.0. The van der Waals surface area contributed by atoms with Crippen LogP contribution < -0.4 is 9.80 Å². The van der Waals surface area contributed by atoms with Gasteiger partial charge in [-0.15, -0.1) is 0 Å². The van der Waals surface area contributed by atoms with Crippen molar-refractivity contribution in [2.45, 2.75) is 45.6 Å². The van der Waals surface area contributed by atoms with Crippen molar-refractivity contribution in [3.63, 3.8) is 0 Å². The number of para-hydroxylation sites is 1. The molecule has 2 aliphatic rings. The monoisotopic (exact) mass is 393 g/mol. The van der Waals surface area contributed by atoms with Gasteiger partial charge in [-0.1, -0.05) is 25.1 Å². The summed E-state index contributed by atoms with van der Waals surface area (Å²) in [5.74, 6) is 0.748. The minimum atomic E-state index is 0.0227. The van der Waals surface area contributed by atoms with Gasteiger partial charge >= 0.3 is 0 Å². The molecule has 4 rings (SSSR count). The third-order valence-corrected chi connectivity index (χ3v) is 6.11. The summed E-state index contributed by atoms with van der Waals surface area (Å²) in [4.78, 5) is 29.1. The van der Waals surface area contributed by atoms with Crippen molar-refractivity contribution in [1.82, 2.24) is 14.9 Å². The standard InChI is InChI=1S/C23H31N5O/c1-3-19-9-7-8-12-28(19)23-24-18(2)17-21(25-23)22(29)27-15-13-26(14-16-27)20-10-5-4-6-11-20/h4-6,10-11,17,19H,3,7-9,12-16H2,1-2H3. The van der Waals surface area contributed by atoms with E-state index < -0.39 is 0 Å². The highest BCUT2D eigenvalue weighted by atomic mass is 16.2. The van der Waals surface area contributed by atoms with Gasteiger partial charge in [0.2, 0.25) is 5.95 Å². The van der Waals surface area contributed by atoms with Crippen molar-refractivity contribution in [2.24, 2.45) is 0 Å². The predicted molar refractivity (Wildman–Crippen MR) is 117 cm³/mol. The van der Waals surface area contributed by atoms with Gasteiger partial charge in [-0.3, -0.25) is 4.79 Å². The number of anilines is 2. The zero-order chi connectivity index (χ0) is 20.2. The van der Waals surface area contributed by atoms with Crippen LogP contribution in [0.25, 0.3) is 0 Å². The quantitative estimate of drug-likeness (QED) is 0.796. The van der Waals surface area contributed by atoms with Crippen LogP contribution in [0.3, 0.4) is 0 Å². The summed E-state index contributed by atoms with van der Waals surface area (Å²) < 4.78 is 0. The number of amides is 1. The van der Waals surface area contributed by atoms with Crippen molar-refractivity contribution < 1.29 is 4.79 Å². The predicted octanol–water partition coefficient (Wildman–Crippen LogP) is 3.52. The van der Waals surface area contributed by atoms with Crippen molar-refractivity contribution in [3.05, 3.63) is 47.8 Å². The highest BCUT2D eigenvalue weighted by Crippen LogP contribution is 2.25. The molecule has 6 heteroatoms. The molecule has 2 aliphatic heterocycles. The Hall–Kier alpha value is -2.63. The zero-order valence-corrected chi connectivity index (χ0v) is 17.5. The van der Waals surface area contributed by atoms with Gasteiger partial charge in [0.1, 0.15) is 5.69 Å². The number of aryl methyl sites for hydroxylation is 1. The van der Waals surface area contributed by atoms with Crippen LogP contribution in [0.2, 0.25) is 0 Å². The fourth-order valence-electron chi connectivity index (χ4n) is 4.45. The molecule has 154 valence electrons. The van der Waals surface area contributed by atoms with Crippen molar-refractivity contribution in [3.8, 4) is 0 Å². The topological polar surface area (TPSA) is 52.6 Å². The van der Waals surface area contributed by atoms with Crippen LogP contribution in [0.4, 0.5) is 11.6 Å². The summed E-state index contributed by atoms with van der Waals surface area (Å²) in [5, 5.41) is 0. The molecule has 0 N–H and O–H groups in total. The minimum Gasteiger partial charge on any atom is -0.368 e. The van der Waals surface area contributed by atoms with Crippen LogP contribution in [0.5, 0.6) is 0 Å². The van der Waals surface area contributed by atoms with Crippen LogP contribution in [0, 0.1) is 6.92 Å². The highest BCUT2D eigenvalue weighted by molar-refractivity contribution is 5.93. The van der Waals surface area contributed by atoms with E-state index in [0.717, 1.165) is 37.7 Å². The first-order valence-corrected chi connectivity index (χ1v) is 10.9. The average molecular weight is 394 g/mol. The molecular formula is C23H31N5O. The van der Waals surface area contributed by atoms with Crippen LogP contribution in [0.1, 0.15) is 48.8 Å². The molecule has 1 aromatic carbocycles. The summed E-state index contributed by atoms with van der Waals surface area (Å²) in [6.45, 7) is 8.27. The Morgan fingerprint density at radius 2 is 1.79 bits per heavy atom. The van der Waals surface area contributed by atoms with Gasteiger partial charge in [0, 0.05) is 50.1 Å². The second-order valence-electron chi connectivity index (χ2n) is 8.06. The first-order chi connectivity index (χ1) is 14.2. The largest absolute Gasteiger partial charge is 0.368 e. The Morgan fingerprint density at radius 1 is 1.03 bits per heavy atom. The maximum Gasteiger partial charge on any atom is 0.272 e. The molecule has 1 atom stereocenters. The van der Waals surface area contributed by atoms with E-state index in [2.05, 4.69) is 46.0 Å². The molecule has 2 saturated heterocycles. The molecule has 2 fully saturated rings. The van der Waals surface area contributed by atoms with Gasteiger partial charge in [-0.25, -0.2) is 9.97 Å². The van der Waals surface area contributed by atoms with E-state index in [0.29, 0.717) is 24.8 Å². The van der Waals surface area contributed by atoms with Gasteiger partial charge in [-0.05, 0) is 50.8 Å². The molecule has 0 bridgehead atoms. The lowest BCUT2D eigenvalue weighted by Gasteiger charge is -2.37. The number of nitrogens with zero attached hydrogens (tertiary/aromatic N) is 5. The van der Waals surface area contributed by atoms with Crippen molar-refractivity contribution in [1.29, 1.82) is 0 Å². The molecule has 1 aromatic heterocycles. The maximum absolute atomic E-state index is 13.2. The summed E-state index contributed by atoms with van der Waals surface area (Å²) >= 11 is 0. The van der Waals surface area contributed by atoms with Gasteiger partial charge in [0.05, 0.1) is 0 Å². The first-order valence-electron chi connectivity index (χ1n) is 10.9. The van der Waals surface area contributed by atoms with Crippen LogP contribution >= 0.6 is 0 Å². The molecule has 6 nitrogen and oxygen atoms in total. The van der Waals surface area contributed by atoms with Crippen molar-refractivity contribution >= 4 is 17.5 Å². The normalized spacial score (nSPS) is 20.1. The average Bonchev–Trinajstić information content (AvgIpc) is 2.79. The number of carbonyl (C=O) groups is 1. The minimum absolute atomic E-state index is 0.0227. The number of aromatic nitrogens is 2. The first kappa shape index (κ1) is 19.7. The lowest BCUT2D eigenvalue weighted by Crippen LogP contribution is -2.49. The third kappa shape index (κ3) is 4.36. The third-order valence-electron chi connectivity index (χ3n) is 6.11. The molecule has 2 aromatic rings. The Bertz CT molecular complexity index is 832. The van der Waals surface area contributed by atoms with E-state index >= 15 is 0 Å². The molecular weight excluding hydrogens is 362 g/mol. The number of hydrogen-bond acceptors (Lipinski definition) is 5. The lowest BCUT2D eigenvalue weighted by molar-refractivity contribution is 0.0740. The molecule has 1 unspecified atom stereocenters. The van der Waals surface area contributed by atoms with Crippen LogP contribution in [-0.4, -0.2) is 59.5 Å². The number of rotatable bonds is 4. The van der Waals surface area contributed by atoms with Gasteiger partial charge in [0.15, 0.2) is 0 Å². The molecule has 0 spiro atoms. The van der Waals surface area contributed by atoms with Gasteiger partial charge in [-0.2, -0.15) is 0 Å². The highest BCUT2D eigenvalue weighted by Gasteiger charge is 2.27. The fourth-order valence-corrected chi connectivity index (χ4v) is 4.45. The number of carbonyl (C=O) groups excluding carboxylic acids is 1. The number of hydrogen-bond donors (Lipinski definition) is 0. The molecule has 0 radical (unpaired) electrons. The van der Waals surface area contributed by atoms with Gasteiger partial charge in [0.25, 0.3) is 5.91 Å². The van der Waals surface area contributed by atoms with E-state index in [1.54, 1.807) is 0 Å². The molecule has 3 heterocycles. The summed E-state index contributed by atoms with van der Waals surface area (Å²) in [7, 11) is 0. The smallest absolute Gasteiger partial charge is 0.272 e. The van der Waals surface area contributed by atoms with E-state index in [1.165, 1.54) is 24.9 Å². The SMILES string of the molecule is CCC1CCCCN1c1nc(C)cc(C(=O)N2CCN(c3ccccc3)CC2)n1. The zero-order valence-electron chi connectivity index (χ0n) is 17.5. The summed E-state index contributed by atoms with van der Waals surface area (Å²) in [5.41, 5.74) is 2.61. The number of piperidine rings is 1. The second kappa shape index (κ2) is 8.80. The van der Waals surface area contributed by atoms with E-state index in [9.17, 15) is 4.79 Å². The molecule has 0 saturated carbocycles. The Morgan fingerprint density at radius 3 is 2.52 bits per heavy atom. The van der Waals surface area contributed by atoms with E-state index in [1.807, 2.05) is 24.0 Å². The maximum atomic E-state index is 13.2. The van der Waals surface area contributed by atoms with Crippen LogP contribution in [-0.2, 0) is 0 Å². The molecule has 29 heavy (non-hydrogen) atoms. The Labute approximate surface area is 173 Å². The van der Waals surface area contributed by atoms with Gasteiger partial charge < -0.3 is 14.7 Å². The Kier molecular flexibility index (Phi) is 5.97. The van der Waals surface area contributed by atoms with E-state index in [4.69, 9.17) is 4.98 Å².